The van der Waals surface area contributed by atoms with E-state index in [0.29, 0.717) is 12.1 Å². The number of rotatable bonds is 5. The van der Waals surface area contributed by atoms with E-state index < -0.39 is 0 Å². The highest BCUT2D eigenvalue weighted by Gasteiger charge is 2.17. The summed E-state index contributed by atoms with van der Waals surface area (Å²) in [5.74, 6) is 0. The average molecular weight is 282 g/mol. The van der Waals surface area contributed by atoms with Gasteiger partial charge in [-0.15, -0.1) is 0 Å². The summed E-state index contributed by atoms with van der Waals surface area (Å²) < 4.78 is 0. The fourth-order valence-corrected chi connectivity index (χ4v) is 3.04. The van der Waals surface area contributed by atoms with E-state index in [1.165, 1.54) is 19.4 Å². The Morgan fingerprint density at radius 3 is 2.84 bits per heavy atom. The van der Waals surface area contributed by atoms with E-state index in [1.54, 1.807) is 0 Å². The minimum Gasteiger partial charge on any atom is -0.382 e. The predicted molar refractivity (Wildman–Crippen MR) is 84.5 cm³/mol. The molecule has 0 aromatic heterocycles. The lowest BCUT2D eigenvalue weighted by atomic mass is 10.1. The number of hydrogen-bond acceptors (Lipinski definition) is 3. The maximum atomic E-state index is 6.28. The molecule has 0 bridgehead atoms. The van der Waals surface area contributed by atoms with Crippen molar-refractivity contribution in [2.24, 2.45) is 0 Å². The topological polar surface area (TPSA) is 27.3 Å². The molecule has 1 saturated heterocycles. The maximum Gasteiger partial charge on any atom is 0.0659 e. The molecule has 106 valence electrons. The summed E-state index contributed by atoms with van der Waals surface area (Å²) in [7, 11) is 4.01. The van der Waals surface area contributed by atoms with Crippen molar-refractivity contribution in [2.75, 3.05) is 30.9 Å². The predicted octanol–water partition coefficient (Wildman–Crippen LogP) is 3.35. The van der Waals surface area contributed by atoms with Crippen LogP contribution in [-0.4, -0.2) is 32.7 Å². The highest BCUT2D eigenvalue weighted by molar-refractivity contribution is 6.33. The van der Waals surface area contributed by atoms with E-state index in [0.717, 1.165) is 22.8 Å². The van der Waals surface area contributed by atoms with E-state index in [4.69, 9.17) is 11.6 Å². The Bertz CT molecular complexity index is 414. The maximum absolute atomic E-state index is 6.28. The van der Waals surface area contributed by atoms with Crippen LogP contribution in [0.3, 0.4) is 0 Å². The van der Waals surface area contributed by atoms with Gasteiger partial charge in [-0.1, -0.05) is 11.6 Å². The summed E-state index contributed by atoms with van der Waals surface area (Å²) in [6.07, 6.45) is 3.76. The Balaban J connectivity index is 1.92. The van der Waals surface area contributed by atoms with Crippen LogP contribution >= 0.6 is 11.6 Å². The van der Waals surface area contributed by atoms with Crippen molar-refractivity contribution in [3.05, 3.63) is 23.2 Å². The van der Waals surface area contributed by atoms with Crippen molar-refractivity contribution in [3.63, 3.8) is 0 Å². The Kier molecular flexibility index (Phi) is 4.94. The van der Waals surface area contributed by atoms with Gasteiger partial charge < -0.3 is 15.5 Å². The van der Waals surface area contributed by atoms with E-state index in [1.807, 2.05) is 25.1 Å². The Morgan fingerprint density at radius 1 is 1.47 bits per heavy atom. The van der Waals surface area contributed by atoms with Crippen molar-refractivity contribution >= 4 is 23.0 Å². The zero-order chi connectivity index (χ0) is 13.8. The zero-order valence-corrected chi connectivity index (χ0v) is 12.8. The van der Waals surface area contributed by atoms with Crippen molar-refractivity contribution in [1.29, 1.82) is 0 Å². The Hall–Kier alpha value is -0.930. The van der Waals surface area contributed by atoms with Gasteiger partial charge >= 0.3 is 0 Å². The van der Waals surface area contributed by atoms with E-state index >= 15 is 0 Å². The molecule has 1 fully saturated rings. The quantitative estimate of drug-likeness (QED) is 0.867. The molecule has 2 N–H and O–H groups in total. The fraction of sp³-hybridized carbons (Fsp3) is 0.600. The molecule has 4 heteroatoms. The third-order valence-corrected chi connectivity index (χ3v) is 3.95. The standard InChI is InChI=1S/C15H24ClN3/c1-11(9-12-5-4-8-17-12)18-13-6-7-15(19(2)3)14(16)10-13/h6-7,10-12,17-18H,4-5,8-9H2,1-3H3. The number of benzene rings is 1. The van der Waals surface area contributed by atoms with Crippen LogP contribution in [0.1, 0.15) is 26.2 Å². The van der Waals surface area contributed by atoms with Crippen molar-refractivity contribution in [2.45, 2.75) is 38.3 Å². The van der Waals surface area contributed by atoms with E-state index in [2.05, 4.69) is 29.7 Å². The van der Waals surface area contributed by atoms with E-state index in [9.17, 15) is 0 Å². The molecular weight excluding hydrogens is 258 g/mol. The summed E-state index contributed by atoms with van der Waals surface area (Å²) in [6.45, 7) is 3.40. The number of anilines is 2. The second-order valence-electron chi connectivity index (χ2n) is 5.63. The first kappa shape index (κ1) is 14.5. The molecule has 2 unspecified atom stereocenters. The lowest BCUT2D eigenvalue weighted by molar-refractivity contribution is 0.523. The molecule has 0 saturated carbocycles. The molecule has 1 aromatic rings. The van der Waals surface area contributed by atoms with Gasteiger partial charge in [-0.3, -0.25) is 0 Å². The largest absolute Gasteiger partial charge is 0.382 e. The summed E-state index contributed by atoms with van der Waals surface area (Å²) in [5.41, 5.74) is 2.15. The van der Waals surface area contributed by atoms with Gasteiger partial charge in [0.15, 0.2) is 0 Å². The van der Waals surface area contributed by atoms with Gasteiger partial charge in [0.1, 0.15) is 0 Å². The minimum atomic E-state index is 0.455. The number of hydrogen-bond donors (Lipinski definition) is 2. The number of halogens is 1. The van der Waals surface area contributed by atoms with Gasteiger partial charge in [0.25, 0.3) is 0 Å². The fourth-order valence-electron chi connectivity index (χ4n) is 2.69. The van der Waals surface area contributed by atoms with Gasteiger partial charge in [-0.2, -0.15) is 0 Å². The molecular formula is C15H24ClN3. The van der Waals surface area contributed by atoms with Crippen LogP contribution in [0.25, 0.3) is 0 Å². The highest BCUT2D eigenvalue weighted by atomic mass is 35.5. The molecule has 2 atom stereocenters. The third-order valence-electron chi connectivity index (χ3n) is 3.64. The van der Waals surface area contributed by atoms with Crippen LogP contribution in [0, 0.1) is 0 Å². The first-order chi connectivity index (χ1) is 9.06. The molecule has 0 radical (unpaired) electrons. The highest BCUT2D eigenvalue weighted by Crippen LogP contribution is 2.28. The molecule has 0 aliphatic carbocycles. The normalized spacial score (nSPS) is 20.3. The summed E-state index contributed by atoms with van der Waals surface area (Å²) in [4.78, 5) is 2.03. The van der Waals surface area contributed by atoms with Crippen LogP contribution in [0.4, 0.5) is 11.4 Å². The average Bonchev–Trinajstić information content (AvgIpc) is 2.81. The van der Waals surface area contributed by atoms with E-state index in [-0.39, 0.29) is 0 Å². The lowest BCUT2D eigenvalue weighted by Crippen LogP contribution is -2.29. The van der Waals surface area contributed by atoms with Crippen LogP contribution in [0.15, 0.2) is 18.2 Å². The summed E-state index contributed by atoms with van der Waals surface area (Å²) in [5, 5.41) is 7.86. The molecule has 1 aromatic carbocycles. The minimum absolute atomic E-state index is 0.455. The zero-order valence-electron chi connectivity index (χ0n) is 12.0. The van der Waals surface area contributed by atoms with Gasteiger partial charge in [-0.05, 0) is 50.9 Å². The van der Waals surface area contributed by atoms with Crippen molar-refractivity contribution in [3.8, 4) is 0 Å². The number of nitrogens with zero attached hydrogens (tertiary/aromatic N) is 1. The van der Waals surface area contributed by atoms with Gasteiger partial charge in [-0.25, -0.2) is 0 Å². The van der Waals surface area contributed by atoms with Gasteiger partial charge in [0.05, 0.1) is 10.7 Å². The first-order valence-electron chi connectivity index (χ1n) is 7.03. The molecule has 19 heavy (non-hydrogen) atoms. The van der Waals surface area contributed by atoms with Crippen molar-refractivity contribution in [1.82, 2.24) is 5.32 Å². The van der Waals surface area contributed by atoms with Crippen LogP contribution < -0.4 is 15.5 Å². The second kappa shape index (κ2) is 6.49. The van der Waals surface area contributed by atoms with Crippen LogP contribution in [-0.2, 0) is 0 Å². The third kappa shape index (κ3) is 4.02. The van der Waals surface area contributed by atoms with Gasteiger partial charge in [0, 0.05) is 31.9 Å². The summed E-state index contributed by atoms with van der Waals surface area (Å²) >= 11 is 6.28. The Labute approximate surface area is 121 Å². The number of nitrogens with one attached hydrogen (secondary N) is 2. The van der Waals surface area contributed by atoms with Crippen LogP contribution in [0.5, 0.6) is 0 Å². The molecule has 2 rings (SSSR count). The molecule has 1 aliphatic rings. The van der Waals surface area contributed by atoms with Crippen molar-refractivity contribution < 1.29 is 0 Å². The molecule has 1 heterocycles. The van der Waals surface area contributed by atoms with Gasteiger partial charge in [0.2, 0.25) is 0 Å². The van der Waals surface area contributed by atoms with Crippen LogP contribution in [0.2, 0.25) is 5.02 Å². The first-order valence-corrected chi connectivity index (χ1v) is 7.41. The molecule has 0 spiro atoms. The lowest BCUT2D eigenvalue weighted by Gasteiger charge is -2.21. The smallest absolute Gasteiger partial charge is 0.0659 e. The molecule has 0 amide bonds. The SMILES string of the molecule is CC(CC1CCCN1)Nc1ccc(N(C)C)c(Cl)c1. The second-order valence-corrected chi connectivity index (χ2v) is 6.04. The summed E-state index contributed by atoms with van der Waals surface area (Å²) in [6, 6.07) is 7.29. The Morgan fingerprint density at radius 2 is 2.26 bits per heavy atom. The molecule has 3 nitrogen and oxygen atoms in total. The monoisotopic (exact) mass is 281 g/mol. The molecule has 1 aliphatic heterocycles.